The van der Waals surface area contributed by atoms with Crippen LogP contribution in [0.15, 0.2) is 48.7 Å². The maximum atomic E-state index is 13.7. The summed E-state index contributed by atoms with van der Waals surface area (Å²) in [5.41, 5.74) is 2.97. The number of benzene rings is 1. The summed E-state index contributed by atoms with van der Waals surface area (Å²) in [5.74, 6) is -0.356. The molecule has 2 amide bonds. The molecule has 29 heavy (non-hydrogen) atoms. The van der Waals surface area contributed by atoms with Gasteiger partial charge in [-0.3, -0.25) is 4.98 Å². The molecule has 3 aromatic rings. The predicted octanol–water partition coefficient (Wildman–Crippen LogP) is 3.52. The molecule has 2 aromatic heterocycles. The third-order valence-electron chi connectivity index (χ3n) is 4.28. The first-order valence-corrected chi connectivity index (χ1v) is 9.22. The molecular weight excluding hydrogens is 373 g/mol. The Bertz CT molecular complexity index is 993. The maximum absolute atomic E-state index is 13.7. The fourth-order valence-corrected chi connectivity index (χ4v) is 2.68. The molecule has 3 N–H and O–H groups in total. The number of hydrogen-bond donors (Lipinski definition) is 3. The molecule has 0 radical (unpaired) electrons. The van der Waals surface area contributed by atoms with Gasteiger partial charge >= 0.3 is 6.03 Å². The van der Waals surface area contributed by atoms with Crippen LogP contribution in [0.4, 0.5) is 14.9 Å². The first-order valence-electron chi connectivity index (χ1n) is 9.22. The molecule has 0 aliphatic rings. The van der Waals surface area contributed by atoms with Gasteiger partial charge in [-0.25, -0.2) is 13.9 Å². The number of halogens is 1. The van der Waals surface area contributed by atoms with Gasteiger partial charge in [-0.1, -0.05) is 26.8 Å². The lowest BCUT2D eigenvalue weighted by Crippen LogP contribution is -2.29. The Morgan fingerprint density at radius 2 is 2.00 bits per heavy atom. The van der Waals surface area contributed by atoms with Crippen molar-refractivity contribution >= 4 is 11.7 Å². The largest absolute Gasteiger partial charge is 0.390 e. The highest BCUT2D eigenvalue weighted by Crippen LogP contribution is 2.24. The van der Waals surface area contributed by atoms with Gasteiger partial charge in [0.05, 0.1) is 47.8 Å². The van der Waals surface area contributed by atoms with Crippen molar-refractivity contribution in [2.24, 2.45) is 0 Å². The Morgan fingerprint density at radius 3 is 2.62 bits per heavy atom. The molecule has 0 atom stereocenters. The number of nitrogens with zero attached hydrogens (tertiary/aromatic N) is 3. The lowest BCUT2D eigenvalue weighted by molar-refractivity contribution is 0.251. The van der Waals surface area contributed by atoms with Crippen LogP contribution in [0, 0.1) is 5.82 Å². The number of nitrogens with one attached hydrogen (secondary N) is 2. The van der Waals surface area contributed by atoms with Crippen LogP contribution in [0.25, 0.3) is 5.69 Å². The highest BCUT2D eigenvalue weighted by molar-refractivity contribution is 5.88. The molecule has 0 saturated carbocycles. The van der Waals surface area contributed by atoms with E-state index in [0.717, 1.165) is 11.4 Å². The van der Waals surface area contributed by atoms with Gasteiger partial charge in [0, 0.05) is 5.41 Å². The molecule has 0 spiro atoms. The average molecular weight is 397 g/mol. The molecule has 152 valence electrons. The summed E-state index contributed by atoms with van der Waals surface area (Å²) in [4.78, 5) is 16.3. The topological polar surface area (TPSA) is 92.1 Å². The first-order chi connectivity index (χ1) is 13.8. The van der Waals surface area contributed by atoms with Crippen molar-refractivity contribution in [3.8, 4) is 5.69 Å². The van der Waals surface area contributed by atoms with Gasteiger partial charge in [-0.05, 0) is 36.4 Å². The smallest absolute Gasteiger partial charge is 0.319 e. The van der Waals surface area contributed by atoms with E-state index in [1.54, 1.807) is 28.9 Å². The molecule has 0 aliphatic heterocycles. The third kappa shape index (κ3) is 5.17. The Balaban J connectivity index is 1.76. The summed E-state index contributed by atoms with van der Waals surface area (Å²) in [6, 6.07) is 10.9. The number of aliphatic hydroxyl groups is 1. The lowest BCUT2D eigenvalue weighted by atomic mass is 9.92. The summed E-state index contributed by atoms with van der Waals surface area (Å²) in [6.07, 6.45) is 1.47. The number of carbonyl (C=O) groups is 1. The molecule has 0 saturated heterocycles. The van der Waals surface area contributed by atoms with Gasteiger partial charge in [0.15, 0.2) is 0 Å². The van der Waals surface area contributed by atoms with Crippen molar-refractivity contribution in [2.75, 3.05) is 5.32 Å². The quantitative estimate of drug-likeness (QED) is 0.614. The summed E-state index contributed by atoms with van der Waals surface area (Å²) < 4.78 is 15.3. The standard InChI is InChI=1S/C21H24FN5O2/c1-21(2,3)19-10-18(27(26-19)17-6-4-5-14(22)9-17)12-24-20(29)25-15-7-8-16(13-28)23-11-15/h4-11,28H,12-13H2,1-3H3,(H2,24,25,29). The van der Waals surface area contributed by atoms with Gasteiger partial charge in [-0.15, -0.1) is 0 Å². The summed E-state index contributed by atoms with van der Waals surface area (Å²) in [5, 5.41) is 19.1. The van der Waals surface area contributed by atoms with Crippen LogP contribution in [-0.2, 0) is 18.6 Å². The van der Waals surface area contributed by atoms with Crippen molar-refractivity contribution in [3.05, 3.63) is 71.6 Å². The average Bonchev–Trinajstić information content (AvgIpc) is 3.12. The van der Waals surface area contributed by atoms with E-state index < -0.39 is 6.03 Å². The molecule has 0 aliphatic carbocycles. The first kappa shape index (κ1) is 20.5. The Kier molecular flexibility index (Phi) is 5.93. The van der Waals surface area contributed by atoms with E-state index in [4.69, 9.17) is 5.11 Å². The number of rotatable bonds is 5. The molecule has 0 fully saturated rings. The number of hydrogen-bond acceptors (Lipinski definition) is 4. The number of anilines is 1. The van der Waals surface area contributed by atoms with Gasteiger partial charge in [0.1, 0.15) is 5.82 Å². The van der Waals surface area contributed by atoms with Crippen LogP contribution in [-0.4, -0.2) is 25.9 Å². The molecular formula is C21H24FN5O2. The number of amides is 2. The highest BCUT2D eigenvalue weighted by Gasteiger charge is 2.21. The number of aliphatic hydroxyl groups excluding tert-OH is 1. The van der Waals surface area contributed by atoms with Gasteiger partial charge in [0.25, 0.3) is 0 Å². The second-order valence-electron chi connectivity index (χ2n) is 7.67. The number of carbonyl (C=O) groups excluding carboxylic acids is 1. The SMILES string of the molecule is CC(C)(C)c1cc(CNC(=O)Nc2ccc(CO)nc2)n(-c2cccc(F)c2)n1. The molecule has 0 unspecified atom stereocenters. The summed E-state index contributed by atoms with van der Waals surface area (Å²) >= 11 is 0. The van der Waals surface area contributed by atoms with Crippen molar-refractivity contribution < 1.29 is 14.3 Å². The van der Waals surface area contributed by atoms with Gasteiger partial charge in [0.2, 0.25) is 0 Å². The Morgan fingerprint density at radius 1 is 1.21 bits per heavy atom. The molecule has 1 aromatic carbocycles. The Hall–Kier alpha value is -3.26. The minimum Gasteiger partial charge on any atom is -0.390 e. The zero-order valence-electron chi connectivity index (χ0n) is 16.6. The second kappa shape index (κ2) is 8.40. The number of urea groups is 1. The fourth-order valence-electron chi connectivity index (χ4n) is 2.68. The van der Waals surface area contributed by atoms with Crippen LogP contribution >= 0.6 is 0 Å². The number of pyridine rings is 1. The molecule has 3 rings (SSSR count). The molecule has 7 nitrogen and oxygen atoms in total. The van der Waals surface area contributed by atoms with Crippen LogP contribution in [0.1, 0.15) is 37.9 Å². The van der Waals surface area contributed by atoms with E-state index in [1.807, 2.05) is 26.8 Å². The van der Waals surface area contributed by atoms with Crippen LogP contribution in [0.2, 0.25) is 0 Å². The van der Waals surface area contributed by atoms with Crippen molar-refractivity contribution in [3.63, 3.8) is 0 Å². The molecule has 0 bridgehead atoms. The molecule has 8 heteroatoms. The highest BCUT2D eigenvalue weighted by atomic mass is 19.1. The van der Waals surface area contributed by atoms with Crippen LogP contribution in [0.5, 0.6) is 0 Å². The van der Waals surface area contributed by atoms with Crippen molar-refractivity contribution in [1.82, 2.24) is 20.1 Å². The van der Waals surface area contributed by atoms with Crippen molar-refractivity contribution in [2.45, 2.75) is 39.3 Å². The normalized spacial score (nSPS) is 11.3. The van der Waals surface area contributed by atoms with E-state index in [9.17, 15) is 9.18 Å². The third-order valence-corrected chi connectivity index (χ3v) is 4.28. The second-order valence-corrected chi connectivity index (χ2v) is 7.67. The van der Waals surface area contributed by atoms with E-state index in [0.29, 0.717) is 17.1 Å². The van der Waals surface area contributed by atoms with Gasteiger partial charge < -0.3 is 15.7 Å². The fraction of sp³-hybridized carbons (Fsp3) is 0.286. The maximum Gasteiger partial charge on any atom is 0.319 e. The predicted molar refractivity (Wildman–Crippen MR) is 108 cm³/mol. The van der Waals surface area contributed by atoms with Gasteiger partial charge in [-0.2, -0.15) is 5.10 Å². The summed E-state index contributed by atoms with van der Waals surface area (Å²) in [7, 11) is 0. The minimum atomic E-state index is -0.409. The monoisotopic (exact) mass is 397 g/mol. The van der Waals surface area contributed by atoms with Crippen LogP contribution < -0.4 is 10.6 Å². The van der Waals surface area contributed by atoms with E-state index in [1.165, 1.54) is 18.3 Å². The van der Waals surface area contributed by atoms with Crippen molar-refractivity contribution in [1.29, 1.82) is 0 Å². The van der Waals surface area contributed by atoms with E-state index in [-0.39, 0.29) is 24.4 Å². The molecule has 2 heterocycles. The summed E-state index contributed by atoms with van der Waals surface area (Å²) in [6.45, 7) is 6.16. The van der Waals surface area contributed by atoms with E-state index in [2.05, 4.69) is 20.7 Å². The zero-order valence-corrected chi connectivity index (χ0v) is 16.6. The number of aromatic nitrogens is 3. The lowest BCUT2D eigenvalue weighted by Gasteiger charge is -2.14. The zero-order chi connectivity index (χ0) is 21.0. The van der Waals surface area contributed by atoms with E-state index >= 15 is 0 Å². The Labute approximate surface area is 168 Å². The minimum absolute atomic E-state index is 0.160. The van der Waals surface area contributed by atoms with Crippen LogP contribution in [0.3, 0.4) is 0 Å².